The van der Waals surface area contributed by atoms with Crippen molar-refractivity contribution in [3.8, 4) is 0 Å². The molecular formula is C18H25ClN4S. The zero-order chi connectivity index (χ0) is 17.0. The molecule has 0 bridgehead atoms. The molecule has 1 aliphatic heterocycles. The van der Waals surface area contributed by atoms with E-state index in [4.69, 9.17) is 29.6 Å². The molecule has 1 heterocycles. The van der Waals surface area contributed by atoms with E-state index in [-0.39, 0.29) is 5.11 Å². The fraction of sp³-hybridized carbons (Fsp3) is 0.556. The van der Waals surface area contributed by atoms with Gasteiger partial charge in [0.25, 0.3) is 0 Å². The fourth-order valence-electron chi connectivity index (χ4n) is 4.02. The van der Waals surface area contributed by atoms with E-state index >= 15 is 0 Å². The Balaban J connectivity index is 1.62. The molecule has 2 aliphatic rings. The fourth-order valence-corrected chi connectivity index (χ4v) is 4.30. The van der Waals surface area contributed by atoms with E-state index in [2.05, 4.69) is 21.5 Å². The minimum Gasteiger partial charge on any atom is -0.375 e. The molecule has 1 spiro atoms. The van der Waals surface area contributed by atoms with Gasteiger partial charge in [0.15, 0.2) is 5.11 Å². The van der Waals surface area contributed by atoms with Gasteiger partial charge in [-0.05, 0) is 61.5 Å². The molecule has 3 rings (SSSR count). The summed E-state index contributed by atoms with van der Waals surface area (Å²) < 4.78 is 0. The highest BCUT2D eigenvalue weighted by Crippen LogP contribution is 2.45. The van der Waals surface area contributed by atoms with Crippen LogP contribution in [0.1, 0.15) is 50.5 Å². The number of thiocarbonyl (C=S) groups is 1. The van der Waals surface area contributed by atoms with Gasteiger partial charge in [-0.2, -0.15) is 5.10 Å². The number of halogens is 1. The van der Waals surface area contributed by atoms with E-state index in [0.717, 1.165) is 18.7 Å². The molecule has 1 saturated carbocycles. The summed E-state index contributed by atoms with van der Waals surface area (Å²) in [5.41, 5.74) is 10.6. The Kier molecular flexibility index (Phi) is 5.61. The van der Waals surface area contributed by atoms with Crippen LogP contribution in [0.25, 0.3) is 0 Å². The highest BCUT2D eigenvalue weighted by Gasteiger charge is 2.35. The average molecular weight is 365 g/mol. The third kappa shape index (κ3) is 4.19. The summed E-state index contributed by atoms with van der Waals surface area (Å²) in [5, 5.41) is 4.80. The molecule has 0 unspecified atom stereocenters. The zero-order valence-corrected chi connectivity index (χ0v) is 15.5. The second-order valence-electron chi connectivity index (χ2n) is 6.99. The van der Waals surface area contributed by atoms with E-state index < -0.39 is 0 Å². The number of nitrogens with two attached hydrogens (primary N) is 1. The van der Waals surface area contributed by atoms with E-state index in [1.54, 1.807) is 6.21 Å². The van der Waals surface area contributed by atoms with Gasteiger partial charge in [-0.15, -0.1) is 0 Å². The lowest BCUT2D eigenvalue weighted by atomic mass is 9.68. The monoisotopic (exact) mass is 364 g/mol. The third-order valence-electron chi connectivity index (χ3n) is 5.47. The van der Waals surface area contributed by atoms with Gasteiger partial charge in [0.1, 0.15) is 0 Å². The maximum atomic E-state index is 6.40. The molecule has 1 aromatic carbocycles. The molecule has 0 aromatic heterocycles. The van der Waals surface area contributed by atoms with Gasteiger partial charge in [0, 0.05) is 24.3 Å². The van der Waals surface area contributed by atoms with Crippen LogP contribution in [0.15, 0.2) is 23.3 Å². The molecule has 0 radical (unpaired) electrons. The lowest BCUT2D eigenvalue weighted by molar-refractivity contribution is 0.144. The first-order chi connectivity index (χ1) is 11.6. The quantitative estimate of drug-likeness (QED) is 0.482. The maximum Gasteiger partial charge on any atom is 0.184 e. The van der Waals surface area contributed by atoms with Gasteiger partial charge >= 0.3 is 0 Å². The Hall–Kier alpha value is -1.33. The molecule has 4 nitrogen and oxygen atoms in total. The van der Waals surface area contributed by atoms with Crippen molar-refractivity contribution in [3.05, 3.63) is 28.8 Å². The molecule has 0 atom stereocenters. The number of hydrazone groups is 1. The van der Waals surface area contributed by atoms with Crippen LogP contribution >= 0.6 is 23.8 Å². The van der Waals surface area contributed by atoms with Gasteiger partial charge in [-0.3, -0.25) is 5.43 Å². The Labute approximate surface area is 154 Å². The lowest BCUT2D eigenvalue weighted by Gasteiger charge is -2.45. The maximum absolute atomic E-state index is 6.40. The third-order valence-corrected chi connectivity index (χ3v) is 5.88. The summed E-state index contributed by atoms with van der Waals surface area (Å²) in [6, 6.07) is 6.14. The number of hydrogen-bond donors (Lipinski definition) is 2. The number of nitrogens with one attached hydrogen (secondary N) is 1. The predicted octanol–water partition coefficient (Wildman–Crippen LogP) is 4.06. The van der Waals surface area contributed by atoms with Crippen LogP contribution in [-0.4, -0.2) is 24.4 Å². The highest BCUT2D eigenvalue weighted by molar-refractivity contribution is 7.80. The molecule has 24 heavy (non-hydrogen) atoms. The summed E-state index contributed by atoms with van der Waals surface area (Å²) in [6.45, 7) is 2.26. The largest absolute Gasteiger partial charge is 0.375 e. The van der Waals surface area contributed by atoms with Crippen LogP contribution in [0, 0.1) is 5.41 Å². The first-order valence-corrected chi connectivity index (χ1v) is 9.50. The minimum atomic E-state index is 0.143. The van der Waals surface area contributed by atoms with Crippen LogP contribution in [0.3, 0.4) is 0 Å². The van der Waals surface area contributed by atoms with Crippen LogP contribution in [0.4, 0.5) is 5.69 Å². The number of hydrogen-bond acceptors (Lipinski definition) is 3. The SMILES string of the molecule is NC(=S)N/N=C/c1ccc(N2CCC3(CCCCC3)CC2)cc1Cl. The van der Waals surface area contributed by atoms with Gasteiger partial charge in [-0.25, -0.2) is 0 Å². The van der Waals surface area contributed by atoms with Crippen LogP contribution < -0.4 is 16.1 Å². The molecule has 1 saturated heterocycles. The zero-order valence-electron chi connectivity index (χ0n) is 13.9. The molecule has 130 valence electrons. The van der Waals surface area contributed by atoms with Crippen molar-refractivity contribution in [2.24, 2.45) is 16.3 Å². The normalized spacial score (nSPS) is 20.5. The number of rotatable bonds is 3. The Morgan fingerprint density at radius 2 is 1.92 bits per heavy atom. The molecule has 2 fully saturated rings. The second-order valence-corrected chi connectivity index (χ2v) is 7.83. The van der Waals surface area contributed by atoms with Crippen molar-refractivity contribution in [2.45, 2.75) is 44.9 Å². The highest BCUT2D eigenvalue weighted by atomic mass is 35.5. The van der Waals surface area contributed by atoms with E-state index in [1.807, 2.05) is 12.1 Å². The van der Waals surface area contributed by atoms with E-state index in [1.165, 1.54) is 50.6 Å². The molecular weight excluding hydrogens is 340 g/mol. The van der Waals surface area contributed by atoms with E-state index in [9.17, 15) is 0 Å². The van der Waals surface area contributed by atoms with Crippen molar-refractivity contribution >= 4 is 40.8 Å². The molecule has 0 amide bonds. The number of benzene rings is 1. The van der Waals surface area contributed by atoms with Crippen molar-refractivity contribution in [1.82, 2.24) is 5.43 Å². The average Bonchev–Trinajstić information content (AvgIpc) is 2.57. The van der Waals surface area contributed by atoms with Gasteiger partial charge < -0.3 is 10.6 Å². The first kappa shape index (κ1) is 17.5. The van der Waals surface area contributed by atoms with Crippen LogP contribution in [0.2, 0.25) is 5.02 Å². The van der Waals surface area contributed by atoms with Crippen molar-refractivity contribution < 1.29 is 0 Å². The Bertz CT molecular complexity index is 615. The smallest absolute Gasteiger partial charge is 0.184 e. The second kappa shape index (κ2) is 7.70. The van der Waals surface area contributed by atoms with Gasteiger partial charge in [-0.1, -0.05) is 30.9 Å². The number of piperidine rings is 1. The Morgan fingerprint density at radius 3 is 2.54 bits per heavy atom. The topological polar surface area (TPSA) is 53.6 Å². The van der Waals surface area contributed by atoms with Crippen molar-refractivity contribution in [2.75, 3.05) is 18.0 Å². The first-order valence-electron chi connectivity index (χ1n) is 8.71. The molecule has 1 aliphatic carbocycles. The van der Waals surface area contributed by atoms with Gasteiger partial charge in [0.2, 0.25) is 0 Å². The van der Waals surface area contributed by atoms with Crippen molar-refractivity contribution in [3.63, 3.8) is 0 Å². The summed E-state index contributed by atoms with van der Waals surface area (Å²) in [4.78, 5) is 2.46. The Morgan fingerprint density at radius 1 is 1.21 bits per heavy atom. The van der Waals surface area contributed by atoms with Crippen LogP contribution in [-0.2, 0) is 0 Å². The van der Waals surface area contributed by atoms with Crippen molar-refractivity contribution in [1.29, 1.82) is 0 Å². The predicted molar refractivity (Wildman–Crippen MR) is 106 cm³/mol. The molecule has 6 heteroatoms. The van der Waals surface area contributed by atoms with E-state index in [0.29, 0.717) is 10.4 Å². The summed E-state index contributed by atoms with van der Waals surface area (Å²) in [6.07, 6.45) is 11.4. The summed E-state index contributed by atoms with van der Waals surface area (Å²) >= 11 is 11.1. The molecule has 3 N–H and O–H groups in total. The number of anilines is 1. The minimum absolute atomic E-state index is 0.143. The number of nitrogens with zero attached hydrogens (tertiary/aromatic N) is 2. The standard InChI is InChI=1S/C18H25ClN4S/c19-16-12-15(5-4-14(16)13-21-22-17(20)24)23-10-8-18(9-11-23)6-2-1-3-7-18/h4-5,12-13H,1-3,6-11H2,(H3,20,22,24)/b21-13+. The van der Waals surface area contributed by atoms with Crippen LogP contribution in [0.5, 0.6) is 0 Å². The van der Waals surface area contributed by atoms with Gasteiger partial charge in [0.05, 0.1) is 11.2 Å². The summed E-state index contributed by atoms with van der Waals surface area (Å²) in [7, 11) is 0. The lowest BCUT2D eigenvalue weighted by Crippen LogP contribution is -2.41. The molecule has 1 aromatic rings. The summed E-state index contributed by atoms with van der Waals surface area (Å²) in [5.74, 6) is 0.